The molecule has 0 aliphatic carbocycles. The first-order valence-electron chi connectivity index (χ1n) is 7.95. The normalized spacial score (nSPS) is 17.8. The van der Waals surface area contributed by atoms with Gasteiger partial charge in [0.15, 0.2) is 0 Å². The van der Waals surface area contributed by atoms with E-state index in [2.05, 4.69) is 67.3 Å². The van der Waals surface area contributed by atoms with E-state index in [-0.39, 0.29) is 0 Å². The Labute approximate surface area is 129 Å². The molecule has 0 aromatic heterocycles. The zero-order valence-corrected chi connectivity index (χ0v) is 13.5. The van der Waals surface area contributed by atoms with Crippen LogP contribution in [0.4, 0.5) is 0 Å². The first-order valence-corrected chi connectivity index (χ1v) is 7.95. The third kappa shape index (κ3) is 4.38. The lowest BCUT2D eigenvalue weighted by Gasteiger charge is -2.30. The van der Waals surface area contributed by atoms with E-state index in [4.69, 9.17) is 0 Å². The number of nitrogens with zero attached hydrogens (tertiary/aromatic N) is 2. The van der Waals surface area contributed by atoms with E-state index >= 15 is 0 Å². The van der Waals surface area contributed by atoms with Gasteiger partial charge in [-0.25, -0.2) is 0 Å². The Balaban J connectivity index is 1.78. The van der Waals surface area contributed by atoms with Crippen LogP contribution in [-0.4, -0.2) is 36.0 Å². The molecule has 1 aliphatic heterocycles. The Morgan fingerprint density at radius 2 is 2.00 bits per heavy atom. The van der Waals surface area contributed by atoms with Crippen molar-refractivity contribution in [3.05, 3.63) is 60.4 Å². The van der Waals surface area contributed by atoms with Gasteiger partial charge < -0.3 is 9.80 Å². The molecule has 1 atom stereocenters. The largest absolute Gasteiger partial charge is 0.373 e. The highest BCUT2D eigenvalue weighted by molar-refractivity contribution is 5.16. The molecule has 1 aromatic carbocycles. The molecule has 0 saturated carbocycles. The molecule has 0 bridgehead atoms. The molecule has 21 heavy (non-hydrogen) atoms. The predicted molar refractivity (Wildman–Crippen MR) is 91.1 cm³/mol. The topological polar surface area (TPSA) is 6.48 Å². The average Bonchev–Trinajstić information content (AvgIpc) is 2.92. The molecule has 1 aliphatic rings. The maximum atomic E-state index is 4.27. The monoisotopic (exact) mass is 284 g/mol. The second-order valence-corrected chi connectivity index (χ2v) is 6.16. The Morgan fingerprint density at radius 1 is 1.29 bits per heavy atom. The highest BCUT2D eigenvalue weighted by Crippen LogP contribution is 2.22. The summed E-state index contributed by atoms with van der Waals surface area (Å²) < 4.78 is 0. The molecule has 114 valence electrons. The number of hydrogen-bond donors (Lipinski definition) is 0. The summed E-state index contributed by atoms with van der Waals surface area (Å²) in [5.74, 6) is 0. The van der Waals surface area contributed by atoms with Crippen molar-refractivity contribution in [1.82, 2.24) is 9.80 Å². The summed E-state index contributed by atoms with van der Waals surface area (Å²) in [5.41, 5.74) is 3.79. The van der Waals surface area contributed by atoms with Crippen LogP contribution in [0.3, 0.4) is 0 Å². The van der Waals surface area contributed by atoms with Crippen LogP contribution in [0.5, 0.6) is 0 Å². The fraction of sp³-hybridized carbons (Fsp3) is 0.474. The third-order valence-corrected chi connectivity index (χ3v) is 4.46. The van der Waals surface area contributed by atoms with E-state index in [1.54, 1.807) is 0 Å². The van der Waals surface area contributed by atoms with Crippen molar-refractivity contribution in [3.8, 4) is 0 Å². The second-order valence-electron chi connectivity index (χ2n) is 6.16. The summed E-state index contributed by atoms with van der Waals surface area (Å²) in [6, 6.07) is 11.3. The van der Waals surface area contributed by atoms with Crippen molar-refractivity contribution in [2.45, 2.75) is 38.6 Å². The summed E-state index contributed by atoms with van der Waals surface area (Å²) in [6.07, 6.45) is 4.64. The van der Waals surface area contributed by atoms with Gasteiger partial charge in [0.05, 0.1) is 6.54 Å². The molecule has 1 fully saturated rings. The van der Waals surface area contributed by atoms with Crippen molar-refractivity contribution in [1.29, 1.82) is 0 Å². The van der Waals surface area contributed by atoms with Gasteiger partial charge in [-0.05, 0) is 38.2 Å². The average molecular weight is 284 g/mol. The van der Waals surface area contributed by atoms with Crippen molar-refractivity contribution in [2.24, 2.45) is 0 Å². The summed E-state index contributed by atoms with van der Waals surface area (Å²) in [6.45, 7) is 12.8. The van der Waals surface area contributed by atoms with E-state index in [1.165, 1.54) is 29.8 Å². The molecule has 1 saturated heterocycles. The van der Waals surface area contributed by atoms with E-state index in [9.17, 15) is 0 Å². The first-order chi connectivity index (χ1) is 10.1. The molecule has 0 N–H and O–H groups in total. The molecule has 0 radical (unpaired) electrons. The minimum absolute atomic E-state index is 0.642. The van der Waals surface area contributed by atoms with E-state index in [0.717, 1.165) is 25.9 Å². The zero-order valence-electron chi connectivity index (χ0n) is 13.5. The van der Waals surface area contributed by atoms with Gasteiger partial charge in [-0.15, -0.1) is 0 Å². The number of likely N-dealkylation sites (N-methyl/N-ethyl adjacent to an activating group) is 1. The van der Waals surface area contributed by atoms with Gasteiger partial charge in [0, 0.05) is 31.0 Å². The highest BCUT2D eigenvalue weighted by atomic mass is 15.2. The van der Waals surface area contributed by atoms with Crippen LogP contribution in [0.25, 0.3) is 0 Å². The Kier molecular flexibility index (Phi) is 5.49. The van der Waals surface area contributed by atoms with Crippen LogP contribution in [0.2, 0.25) is 0 Å². The van der Waals surface area contributed by atoms with Crippen LogP contribution in [0, 0.1) is 0 Å². The molecule has 0 spiro atoms. The van der Waals surface area contributed by atoms with E-state index in [1.807, 2.05) is 0 Å². The smallest absolute Gasteiger partial charge is 0.0566 e. The summed E-state index contributed by atoms with van der Waals surface area (Å²) in [7, 11) is 2.12. The van der Waals surface area contributed by atoms with Crippen molar-refractivity contribution in [3.63, 3.8) is 0 Å². The Morgan fingerprint density at radius 3 is 2.62 bits per heavy atom. The van der Waals surface area contributed by atoms with Crippen LogP contribution >= 0.6 is 0 Å². The quantitative estimate of drug-likeness (QED) is 0.745. The van der Waals surface area contributed by atoms with Gasteiger partial charge >= 0.3 is 0 Å². The number of benzene rings is 1. The van der Waals surface area contributed by atoms with Gasteiger partial charge in [-0.2, -0.15) is 0 Å². The van der Waals surface area contributed by atoms with Gasteiger partial charge in [-0.1, -0.05) is 43.5 Å². The third-order valence-electron chi connectivity index (χ3n) is 4.46. The zero-order chi connectivity index (χ0) is 15.2. The number of aryl methyl sites for hydroxylation is 1. The molecule has 0 unspecified atom stereocenters. The number of allylic oxidation sites excluding steroid dienone is 1. The Hall–Kier alpha value is -1.70. The fourth-order valence-corrected chi connectivity index (χ4v) is 3.00. The highest BCUT2D eigenvalue weighted by Gasteiger charge is 2.21. The fourth-order valence-electron chi connectivity index (χ4n) is 3.00. The number of hydrogen-bond acceptors (Lipinski definition) is 2. The van der Waals surface area contributed by atoms with Crippen LogP contribution in [0.1, 0.15) is 31.7 Å². The van der Waals surface area contributed by atoms with Gasteiger partial charge in [-0.3, -0.25) is 0 Å². The van der Waals surface area contributed by atoms with Gasteiger partial charge in [0.1, 0.15) is 0 Å². The van der Waals surface area contributed by atoms with Crippen molar-refractivity contribution >= 4 is 0 Å². The molecule has 1 heterocycles. The molecule has 2 rings (SSSR count). The number of rotatable bonds is 7. The Bertz CT molecular complexity index is 478. The van der Waals surface area contributed by atoms with E-state index < -0.39 is 0 Å². The molecule has 2 nitrogen and oxygen atoms in total. The maximum absolute atomic E-state index is 4.27. The van der Waals surface area contributed by atoms with Crippen molar-refractivity contribution < 1.29 is 0 Å². The molecule has 1 aromatic rings. The summed E-state index contributed by atoms with van der Waals surface area (Å²) in [5, 5.41) is 0. The lowest BCUT2D eigenvalue weighted by molar-refractivity contribution is 0.299. The lowest BCUT2D eigenvalue weighted by atomic mass is 10.1. The van der Waals surface area contributed by atoms with Gasteiger partial charge in [0.2, 0.25) is 0 Å². The summed E-state index contributed by atoms with van der Waals surface area (Å²) >= 11 is 0. The summed E-state index contributed by atoms with van der Waals surface area (Å²) in [4.78, 5) is 4.69. The first kappa shape index (κ1) is 15.7. The van der Waals surface area contributed by atoms with Crippen molar-refractivity contribution in [2.75, 3.05) is 20.1 Å². The maximum Gasteiger partial charge on any atom is 0.0566 e. The van der Waals surface area contributed by atoms with E-state index in [0.29, 0.717) is 6.04 Å². The van der Waals surface area contributed by atoms with Crippen LogP contribution in [0.15, 0.2) is 54.9 Å². The lowest BCUT2D eigenvalue weighted by Crippen LogP contribution is -2.32. The standard InChI is InChI=1S/C19H28N2/c1-16(12-13-19-10-6-5-7-11-19)20(4)15-18(3)21-14-8-9-17(21)2/h5-7,10-11,17H,1,3,8-9,12-15H2,2,4H3/t17-/m1/s1. The van der Waals surface area contributed by atoms with Gasteiger partial charge in [0.25, 0.3) is 0 Å². The predicted octanol–water partition coefficient (Wildman–Crippen LogP) is 4.06. The molecular weight excluding hydrogens is 256 g/mol. The number of likely N-dealkylation sites (tertiary alicyclic amines) is 1. The molecule has 0 amide bonds. The minimum atomic E-state index is 0.642. The minimum Gasteiger partial charge on any atom is -0.373 e. The molecular formula is C19H28N2. The van der Waals surface area contributed by atoms with Crippen LogP contribution in [-0.2, 0) is 6.42 Å². The SMILES string of the molecule is C=C(CCc1ccccc1)N(C)CC(=C)N1CCC[C@H]1C. The second kappa shape index (κ2) is 7.35. The van der Waals surface area contributed by atoms with Crippen LogP contribution < -0.4 is 0 Å². The molecule has 2 heteroatoms.